The van der Waals surface area contributed by atoms with Crippen molar-refractivity contribution < 1.29 is 19.1 Å². The fraction of sp³-hybridized carbons (Fsp3) is 0. The Balaban J connectivity index is 1.27. The molecule has 2 N–H and O–H groups in total. The Morgan fingerprint density at radius 1 is 0.711 bits per heavy atom. The van der Waals surface area contributed by atoms with Crippen LogP contribution < -0.4 is 20.3 Å². The van der Waals surface area contributed by atoms with Crippen molar-refractivity contribution in [3.05, 3.63) is 124 Å². The third kappa shape index (κ3) is 5.39. The highest BCUT2D eigenvalue weighted by molar-refractivity contribution is 6.53. The van der Waals surface area contributed by atoms with Gasteiger partial charge in [0.05, 0.1) is 5.69 Å². The number of anilines is 3. The van der Waals surface area contributed by atoms with Gasteiger partial charge in [-0.3, -0.25) is 14.4 Å². The lowest BCUT2D eigenvalue weighted by molar-refractivity contribution is -0.120. The van der Waals surface area contributed by atoms with Crippen LogP contribution in [0.3, 0.4) is 0 Å². The lowest BCUT2D eigenvalue weighted by atomic mass is 10.1. The van der Waals surface area contributed by atoms with Crippen molar-refractivity contribution in [1.82, 2.24) is 0 Å². The zero-order valence-corrected chi connectivity index (χ0v) is 21.2. The molecule has 0 unspecified atom stereocenters. The van der Waals surface area contributed by atoms with Gasteiger partial charge in [0.2, 0.25) is 0 Å². The summed E-state index contributed by atoms with van der Waals surface area (Å²) < 4.78 is 5.77. The third-order valence-corrected chi connectivity index (χ3v) is 6.16. The number of nitrogens with one attached hydrogen (secondary N) is 2. The fourth-order valence-corrected chi connectivity index (χ4v) is 4.17. The van der Waals surface area contributed by atoms with Crippen LogP contribution in [0.1, 0.15) is 10.4 Å². The van der Waals surface area contributed by atoms with Crippen molar-refractivity contribution in [3.8, 4) is 11.5 Å². The molecule has 5 rings (SSSR count). The number of imide groups is 1. The highest BCUT2D eigenvalue weighted by Crippen LogP contribution is 2.31. The summed E-state index contributed by atoms with van der Waals surface area (Å²) in [5.41, 5.74) is 1.53. The molecule has 38 heavy (non-hydrogen) atoms. The van der Waals surface area contributed by atoms with Crippen LogP contribution in [0.2, 0.25) is 5.02 Å². The Labute approximate surface area is 228 Å². The van der Waals surface area contributed by atoms with Gasteiger partial charge in [-0.2, -0.15) is 0 Å². The molecule has 188 valence electrons. The number of benzene rings is 4. The summed E-state index contributed by atoms with van der Waals surface area (Å²) >= 11 is 12.2. The Hall–Kier alpha value is -4.59. The van der Waals surface area contributed by atoms with E-state index >= 15 is 0 Å². The highest BCUT2D eigenvalue weighted by Gasteiger charge is 2.39. The summed E-state index contributed by atoms with van der Waals surface area (Å²) in [5, 5.41) is 5.82. The molecule has 9 heteroatoms. The van der Waals surface area contributed by atoms with Gasteiger partial charge >= 0.3 is 0 Å². The maximum Gasteiger partial charge on any atom is 0.283 e. The molecule has 0 spiro atoms. The van der Waals surface area contributed by atoms with Gasteiger partial charge in [0.1, 0.15) is 22.2 Å². The van der Waals surface area contributed by atoms with Crippen LogP contribution in [-0.2, 0) is 9.59 Å². The standard InChI is InChI=1S/C29H19Cl2N3O4/c30-19-7-5-9-22(17-19)34-28(36)25(31)26(29(34)37)32-21-8-4-6-18(16-21)27(35)33-20-12-14-24(15-13-20)38-23-10-2-1-3-11-23/h1-17,32H,(H,33,35). The molecule has 1 aliphatic heterocycles. The zero-order valence-electron chi connectivity index (χ0n) is 19.7. The van der Waals surface area contributed by atoms with Gasteiger partial charge in [-0.15, -0.1) is 0 Å². The second-order valence-electron chi connectivity index (χ2n) is 8.21. The number of amides is 3. The smallest absolute Gasteiger partial charge is 0.283 e. The van der Waals surface area contributed by atoms with Crippen molar-refractivity contribution >= 4 is 58.0 Å². The summed E-state index contributed by atoms with van der Waals surface area (Å²) in [5.74, 6) is -0.320. The number of ether oxygens (including phenoxy) is 1. The number of halogens is 2. The lowest BCUT2D eigenvalue weighted by Gasteiger charge is -2.15. The largest absolute Gasteiger partial charge is 0.457 e. The average molecular weight is 544 g/mol. The molecule has 1 heterocycles. The second kappa shape index (κ2) is 10.8. The van der Waals surface area contributed by atoms with Crippen LogP contribution in [0.25, 0.3) is 0 Å². The van der Waals surface area contributed by atoms with Crippen LogP contribution in [-0.4, -0.2) is 17.7 Å². The molecule has 0 aromatic heterocycles. The molecule has 1 aliphatic rings. The Bertz CT molecular complexity index is 1570. The first-order chi connectivity index (χ1) is 18.4. The van der Waals surface area contributed by atoms with Crippen molar-refractivity contribution in [3.63, 3.8) is 0 Å². The average Bonchev–Trinajstić information content (AvgIpc) is 3.13. The van der Waals surface area contributed by atoms with E-state index in [4.69, 9.17) is 27.9 Å². The third-order valence-electron chi connectivity index (χ3n) is 5.58. The van der Waals surface area contributed by atoms with E-state index in [1.54, 1.807) is 66.7 Å². The van der Waals surface area contributed by atoms with Crippen LogP contribution in [0.4, 0.5) is 17.1 Å². The normalized spacial score (nSPS) is 13.1. The predicted molar refractivity (Wildman–Crippen MR) is 148 cm³/mol. The Morgan fingerprint density at radius 3 is 2.16 bits per heavy atom. The van der Waals surface area contributed by atoms with Gasteiger partial charge < -0.3 is 15.4 Å². The van der Waals surface area contributed by atoms with E-state index < -0.39 is 11.8 Å². The quantitative estimate of drug-likeness (QED) is 0.249. The number of carbonyl (C=O) groups is 3. The minimum Gasteiger partial charge on any atom is -0.457 e. The summed E-state index contributed by atoms with van der Waals surface area (Å²) in [7, 11) is 0. The molecule has 3 amide bonds. The summed E-state index contributed by atoms with van der Waals surface area (Å²) in [6.07, 6.45) is 0. The molecule has 0 bridgehead atoms. The SMILES string of the molecule is O=C(Nc1ccc(Oc2ccccc2)cc1)c1cccc(NC2=C(Cl)C(=O)N(c3cccc(Cl)c3)C2=O)c1. The molecule has 4 aromatic rings. The number of hydrogen-bond donors (Lipinski definition) is 2. The molecule has 7 nitrogen and oxygen atoms in total. The van der Waals surface area contributed by atoms with Gasteiger partial charge in [0, 0.05) is 22.0 Å². The van der Waals surface area contributed by atoms with Crippen LogP contribution in [0, 0.1) is 0 Å². The molecule has 4 aromatic carbocycles. The van der Waals surface area contributed by atoms with Gasteiger partial charge in [-0.1, -0.05) is 53.5 Å². The molecular formula is C29H19Cl2N3O4. The van der Waals surface area contributed by atoms with Gasteiger partial charge in [-0.25, -0.2) is 4.90 Å². The number of para-hydroxylation sites is 1. The first-order valence-electron chi connectivity index (χ1n) is 11.4. The van der Waals surface area contributed by atoms with Gasteiger partial charge in [0.25, 0.3) is 17.7 Å². The summed E-state index contributed by atoms with van der Waals surface area (Å²) in [6, 6.07) is 29.2. The molecule has 0 atom stereocenters. The maximum atomic E-state index is 13.0. The van der Waals surface area contributed by atoms with Crippen LogP contribution in [0.15, 0.2) is 114 Å². The molecule has 0 saturated carbocycles. The van der Waals surface area contributed by atoms with Crippen molar-refractivity contribution in [2.24, 2.45) is 0 Å². The maximum absolute atomic E-state index is 13.0. The molecule has 0 aliphatic carbocycles. The van der Waals surface area contributed by atoms with E-state index in [0.29, 0.717) is 39.1 Å². The number of nitrogens with zero attached hydrogens (tertiary/aromatic N) is 1. The van der Waals surface area contributed by atoms with Crippen molar-refractivity contribution in [2.45, 2.75) is 0 Å². The minimum atomic E-state index is -0.671. The van der Waals surface area contributed by atoms with Gasteiger partial charge in [-0.05, 0) is 72.8 Å². The molecule has 0 radical (unpaired) electrons. The summed E-state index contributed by atoms with van der Waals surface area (Å²) in [6.45, 7) is 0. The van der Waals surface area contributed by atoms with E-state index in [2.05, 4.69) is 10.6 Å². The number of rotatable bonds is 7. The first-order valence-corrected chi connectivity index (χ1v) is 12.2. The number of carbonyl (C=O) groups excluding carboxylic acids is 3. The fourth-order valence-electron chi connectivity index (χ4n) is 3.78. The Kier molecular flexibility index (Phi) is 7.13. The topological polar surface area (TPSA) is 87.7 Å². The predicted octanol–water partition coefficient (Wildman–Crippen LogP) is 6.82. The highest BCUT2D eigenvalue weighted by atomic mass is 35.5. The minimum absolute atomic E-state index is 0.0943. The first kappa shape index (κ1) is 25.1. The van der Waals surface area contributed by atoms with Crippen molar-refractivity contribution in [2.75, 3.05) is 15.5 Å². The zero-order chi connectivity index (χ0) is 26.6. The summed E-state index contributed by atoms with van der Waals surface area (Å²) in [4.78, 5) is 39.5. The Morgan fingerprint density at radius 2 is 1.42 bits per heavy atom. The van der Waals surface area contributed by atoms with E-state index in [9.17, 15) is 14.4 Å². The van der Waals surface area contributed by atoms with Gasteiger partial charge in [0.15, 0.2) is 0 Å². The van der Waals surface area contributed by atoms with Crippen LogP contribution in [0.5, 0.6) is 11.5 Å². The molecule has 0 saturated heterocycles. The monoisotopic (exact) mass is 543 g/mol. The van der Waals surface area contributed by atoms with E-state index in [1.807, 2.05) is 30.3 Å². The molecular weight excluding hydrogens is 525 g/mol. The van der Waals surface area contributed by atoms with Crippen molar-refractivity contribution in [1.29, 1.82) is 0 Å². The van der Waals surface area contributed by atoms with E-state index in [-0.39, 0.29) is 16.6 Å². The lowest BCUT2D eigenvalue weighted by Crippen LogP contribution is -2.32. The second-order valence-corrected chi connectivity index (χ2v) is 9.03. The van der Waals surface area contributed by atoms with Crippen LogP contribution >= 0.6 is 23.2 Å². The van der Waals surface area contributed by atoms with E-state index in [1.165, 1.54) is 6.07 Å². The van der Waals surface area contributed by atoms with E-state index in [0.717, 1.165) is 4.90 Å². The number of hydrogen-bond acceptors (Lipinski definition) is 5. The molecule has 0 fully saturated rings.